The van der Waals surface area contributed by atoms with E-state index in [-0.39, 0.29) is 5.54 Å². The summed E-state index contributed by atoms with van der Waals surface area (Å²) in [6, 6.07) is 18.7. The van der Waals surface area contributed by atoms with E-state index in [2.05, 4.69) is 74.2 Å². The molecule has 2 aliphatic heterocycles. The molecular weight excluding hydrogens is 266 g/mol. The van der Waals surface area contributed by atoms with Gasteiger partial charge in [-0.2, -0.15) is 0 Å². The predicted octanol–water partition coefficient (Wildman–Crippen LogP) is 4.91. The van der Waals surface area contributed by atoms with Crippen LogP contribution < -0.4 is 0 Å². The molecule has 2 aromatic rings. The summed E-state index contributed by atoms with van der Waals surface area (Å²) in [6.45, 7) is 8.27. The van der Waals surface area contributed by atoms with Gasteiger partial charge in [-0.05, 0) is 47.9 Å². The molecule has 0 unspecified atom stereocenters. The number of nitrogens with zero attached hydrogens (tertiary/aromatic N) is 1. The number of hydrogen-bond acceptors (Lipinski definition) is 1. The van der Waals surface area contributed by atoms with Gasteiger partial charge in [0.15, 0.2) is 0 Å². The largest absolute Gasteiger partial charge is 0.283 e. The molecular formula is C21H25N. The lowest BCUT2D eigenvalue weighted by Gasteiger charge is -2.45. The molecule has 1 nitrogen and oxygen atoms in total. The monoisotopic (exact) mass is 291 g/mol. The molecule has 0 amide bonds. The highest BCUT2D eigenvalue weighted by Crippen LogP contribution is 2.55. The van der Waals surface area contributed by atoms with Crippen molar-refractivity contribution in [2.75, 3.05) is 6.54 Å². The van der Waals surface area contributed by atoms with Gasteiger partial charge in [0, 0.05) is 12.6 Å². The van der Waals surface area contributed by atoms with Crippen molar-refractivity contribution in [3.05, 3.63) is 70.8 Å². The minimum atomic E-state index is 0.0466. The van der Waals surface area contributed by atoms with Crippen molar-refractivity contribution in [2.45, 2.75) is 45.2 Å². The van der Waals surface area contributed by atoms with Gasteiger partial charge >= 0.3 is 0 Å². The van der Waals surface area contributed by atoms with Crippen LogP contribution in [0.2, 0.25) is 0 Å². The van der Waals surface area contributed by atoms with Crippen molar-refractivity contribution in [2.24, 2.45) is 5.92 Å². The molecule has 2 aliphatic rings. The summed E-state index contributed by atoms with van der Waals surface area (Å²) >= 11 is 0. The summed E-state index contributed by atoms with van der Waals surface area (Å²) in [5, 5.41) is 0. The van der Waals surface area contributed by atoms with Crippen molar-refractivity contribution >= 4 is 0 Å². The normalized spacial score (nSPS) is 26.1. The Labute approximate surface area is 134 Å². The van der Waals surface area contributed by atoms with Crippen LogP contribution in [-0.4, -0.2) is 11.4 Å². The average molecular weight is 291 g/mol. The van der Waals surface area contributed by atoms with Crippen molar-refractivity contribution in [1.82, 2.24) is 4.90 Å². The zero-order valence-corrected chi connectivity index (χ0v) is 13.8. The van der Waals surface area contributed by atoms with Gasteiger partial charge in [0.25, 0.3) is 0 Å². The Bertz CT molecular complexity index is 690. The smallest absolute Gasteiger partial charge is 0.0698 e. The molecule has 2 aromatic carbocycles. The Morgan fingerprint density at radius 1 is 1.05 bits per heavy atom. The highest BCUT2D eigenvalue weighted by atomic mass is 15.3. The molecule has 0 aromatic heterocycles. The lowest BCUT2D eigenvalue weighted by Crippen LogP contribution is -2.46. The number of hydrogen-bond donors (Lipinski definition) is 0. The molecule has 114 valence electrons. The molecule has 2 heterocycles. The van der Waals surface area contributed by atoms with Crippen LogP contribution in [0.1, 0.15) is 55.5 Å². The first kappa shape index (κ1) is 14.0. The average Bonchev–Trinajstić information content (AvgIpc) is 2.69. The molecule has 0 spiro atoms. The molecule has 0 N–H and O–H groups in total. The van der Waals surface area contributed by atoms with Crippen LogP contribution in [-0.2, 0) is 12.0 Å². The predicted molar refractivity (Wildman–Crippen MR) is 91.9 cm³/mol. The van der Waals surface area contributed by atoms with Crippen molar-refractivity contribution < 1.29 is 0 Å². The number of rotatable bonds is 3. The Kier molecular flexibility index (Phi) is 3.16. The van der Waals surface area contributed by atoms with E-state index in [0.717, 1.165) is 12.3 Å². The van der Waals surface area contributed by atoms with E-state index in [1.165, 1.54) is 29.7 Å². The standard InChI is InChI=1S/C21H25N/c1-15(2)12-13-22-20-14-16-8-4-6-10-18(16)21(22,3)19-11-7-5-9-17(19)20/h4-11,15,20H,12-14H2,1-3H3/t20-,21+/m1/s1. The van der Waals surface area contributed by atoms with Gasteiger partial charge in [0.1, 0.15) is 0 Å². The van der Waals surface area contributed by atoms with E-state index in [0.29, 0.717) is 6.04 Å². The fourth-order valence-corrected chi connectivity index (χ4v) is 4.54. The minimum Gasteiger partial charge on any atom is -0.283 e. The Hall–Kier alpha value is -1.60. The third-order valence-corrected chi connectivity index (χ3v) is 5.70. The van der Waals surface area contributed by atoms with E-state index in [9.17, 15) is 0 Å². The molecule has 0 saturated carbocycles. The first-order valence-electron chi connectivity index (χ1n) is 8.57. The highest BCUT2D eigenvalue weighted by Gasteiger charge is 2.51. The highest BCUT2D eigenvalue weighted by molar-refractivity contribution is 5.54. The maximum Gasteiger partial charge on any atom is 0.0698 e. The SMILES string of the molecule is CC(C)CCN1[C@@H]2Cc3ccccc3[C@@]1(C)c1ccccc12. The van der Waals surface area contributed by atoms with Gasteiger partial charge in [-0.3, -0.25) is 4.90 Å². The zero-order chi connectivity index (χ0) is 15.3. The number of fused-ring (bicyclic) bond motifs is 7. The third-order valence-electron chi connectivity index (χ3n) is 5.70. The third kappa shape index (κ3) is 1.82. The van der Waals surface area contributed by atoms with Crippen LogP contribution >= 0.6 is 0 Å². The van der Waals surface area contributed by atoms with Gasteiger partial charge in [-0.25, -0.2) is 0 Å². The molecule has 0 radical (unpaired) electrons. The first-order chi connectivity index (χ1) is 10.6. The van der Waals surface area contributed by atoms with Gasteiger partial charge in [0.2, 0.25) is 0 Å². The van der Waals surface area contributed by atoms with Crippen LogP contribution in [0.25, 0.3) is 0 Å². The van der Waals surface area contributed by atoms with Crippen LogP contribution in [0, 0.1) is 5.92 Å². The molecule has 0 saturated heterocycles. The van der Waals surface area contributed by atoms with Gasteiger partial charge in [-0.1, -0.05) is 62.4 Å². The second kappa shape index (κ2) is 4.96. The molecule has 0 fully saturated rings. The van der Waals surface area contributed by atoms with Crippen molar-refractivity contribution in [3.8, 4) is 0 Å². The van der Waals surface area contributed by atoms with Crippen LogP contribution in [0.5, 0.6) is 0 Å². The summed E-state index contributed by atoms with van der Waals surface area (Å²) in [5.41, 5.74) is 6.16. The van der Waals surface area contributed by atoms with E-state index in [1.54, 1.807) is 5.56 Å². The molecule has 22 heavy (non-hydrogen) atoms. The summed E-state index contributed by atoms with van der Waals surface area (Å²) in [6.07, 6.45) is 2.42. The zero-order valence-electron chi connectivity index (χ0n) is 13.8. The van der Waals surface area contributed by atoms with Crippen molar-refractivity contribution in [1.29, 1.82) is 0 Å². The molecule has 2 atom stereocenters. The Morgan fingerprint density at radius 2 is 1.73 bits per heavy atom. The Morgan fingerprint density at radius 3 is 2.50 bits per heavy atom. The summed E-state index contributed by atoms with van der Waals surface area (Å²) in [7, 11) is 0. The van der Waals surface area contributed by atoms with Crippen LogP contribution in [0.15, 0.2) is 48.5 Å². The van der Waals surface area contributed by atoms with Gasteiger partial charge < -0.3 is 0 Å². The summed E-state index contributed by atoms with van der Waals surface area (Å²) in [4.78, 5) is 2.76. The second-order valence-corrected chi connectivity index (χ2v) is 7.41. The fraction of sp³-hybridized carbons (Fsp3) is 0.429. The van der Waals surface area contributed by atoms with Gasteiger partial charge in [-0.15, -0.1) is 0 Å². The minimum absolute atomic E-state index is 0.0466. The lowest BCUT2D eigenvalue weighted by molar-refractivity contribution is 0.0894. The lowest BCUT2D eigenvalue weighted by atomic mass is 9.80. The molecule has 2 bridgehead atoms. The fourth-order valence-electron chi connectivity index (χ4n) is 4.54. The van der Waals surface area contributed by atoms with E-state index in [1.807, 2.05) is 0 Å². The van der Waals surface area contributed by atoms with E-state index in [4.69, 9.17) is 0 Å². The molecule has 4 rings (SSSR count). The summed E-state index contributed by atoms with van der Waals surface area (Å²) < 4.78 is 0. The topological polar surface area (TPSA) is 3.24 Å². The molecule has 1 heteroatoms. The van der Waals surface area contributed by atoms with Crippen LogP contribution in [0.4, 0.5) is 0 Å². The van der Waals surface area contributed by atoms with E-state index >= 15 is 0 Å². The van der Waals surface area contributed by atoms with Gasteiger partial charge in [0.05, 0.1) is 5.54 Å². The molecule has 0 aliphatic carbocycles. The maximum absolute atomic E-state index is 2.76. The second-order valence-electron chi connectivity index (χ2n) is 7.41. The number of benzene rings is 2. The van der Waals surface area contributed by atoms with Crippen molar-refractivity contribution in [3.63, 3.8) is 0 Å². The maximum atomic E-state index is 2.76. The van der Waals surface area contributed by atoms with Crippen LogP contribution in [0.3, 0.4) is 0 Å². The summed E-state index contributed by atoms with van der Waals surface area (Å²) in [5.74, 6) is 0.753. The van der Waals surface area contributed by atoms with E-state index < -0.39 is 0 Å². The Balaban J connectivity index is 1.88. The quantitative estimate of drug-likeness (QED) is 0.776. The first-order valence-corrected chi connectivity index (χ1v) is 8.57.